The molecule has 0 heterocycles. The van der Waals surface area contributed by atoms with Crippen molar-refractivity contribution in [1.29, 1.82) is 5.26 Å². The Hall–Kier alpha value is -2.49. The first-order chi connectivity index (χ1) is 14.5. The minimum atomic E-state index is 0.454. The molecule has 0 aromatic heterocycles. The predicted molar refractivity (Wildman–Crippen MR) is 131 cm³/mol. The summed E-state index contributed by atoms with van der Waals surface area (Å²) in [6.07, 6.45) is 1.82. The Labute approximate surface area is 196 Å². The molecule has 3 aromatic rings. The molecule has 0 fully saturated rings. The Morgan fingerprint density at radius 2 is 1.90 bits per heavy atom. The van der Waals surface area contributed by atoms with Crippen molar-refractivity contribution in [2.75, 3.05) is 6.61 Å². The Morgan fingerprint density at radius 3 is 2.60 bits per heavy atom. The fourth-order valence-electron chi connectivity index (χ4n) is 3.05. The number of benzene rings is 3. The van der Waals surface area contributed by atoms with Crippen LogP contribution in [0.4, 0.5) is 0 Å². The number of nitrogens with zero attached hydrogens (tertiary/aromatic N) is 1. The lowest BCUT2D eigenvalue weighted by Crippen LogP contribution is -2.02. The number of halogens is 2. The second kappa shape index (κ2) is 10.5. The Kier molecular flexibility index (Phi) is 7.78. The summed E-state index contributed by atoms with van der Waals surface area (Å²) in [6.45, 7) is 4.96. The standard InChI is InChI=1S/C25H21ClINO2/c1-3-29-24-14-19(12-20(15-28)21-9-4-5-10-22(21)26)13-23(27)25(24)30-16-18-8-6-7-17(2)11-18/h4-14H,3,16H2,1-2H3. The van der Waals surface area contributed by atoms with Crippen LogP contribution in [0, 0.1) is 21.8 Å². The molecule has 0 saturated heterocycles. The molecular weight excluding hydrogens is 509 g/mol. The number of ether oxygens (including phenoxy) is 2. The van der Waals surface area contributed by atoms with Gasteiger partial charge in [0, 0.05) is 10.6 Å². The lowest BCUT2D eigenvalue weighted by Gasteiger charge is -2.15. The largest absolute Gasteiger partial charge is 0.490 e. The topological polar surface area (TPSA) is 42.2 Å². The predicted octanol–water partition coefficient (Wildman–Crippen LogP) is 7.29. The molecule has 5 heteroatoms. The second-order valence-electron chi connectivity index (χ2n) is 6.69. The van der Waals surface area contributed by atoms with Gasteiger partial charge in [-0.05, 0) is 71.8 Å². The Morgan fingerprint density at radius 1 is 1.10 bits per heavy atom. The summed E-state index contributed by atoms with van der Waals surface area (Å²) in [6, 6.07) is 21.7. The van der Waals surface area contributed by atoms with Gasteiger partial charge in [-0.3, -0.25) is 0 Å². The van der Waals surface area contributed by atoms with Gasteiger partial charge in [0.1, 0.15) is 6.61 Å². The van der Waals surface area contributed by atoms with E-state index >= 15 is 0 Å². The number of hydrogen-bond acceptors (Lipinski definition) is 3. The Balaban J connectivity index is 1.94. The van der Waals surface area contributed by atoms with E-state index in [2.05, 4.69) is 47.7 Å². The highest BCUT2D eigenvalue weighted by Crippen LogP contribution is 2.36. The van der Waals surface area contributed by atoms with Crippen molar-refractivity contribution in [1.82, 2.24) is 0 Å². The second-order valence-corrected chi connectivity index (χ2v) is 8.26. The molecule has 0 saturated carbocycles. The highest BCUT2D eigenvalue weighted by Gasteiger charge is 2.13. The van der Waals surface area contributed by atoms with Gasteiger partial charge in [-0.25, -0.2) is 0 Å². The number of rotatable bonds is 7. The first kappa shape index (κ1) is 22.2. The number of aryl methyl sites for hydroxylation is 1. The van der Waals surface area contributed by atoms with Crippen LogP contribution >= 0.6 is 34.2 Å². The van der Waals surface area contributed by atoms with E-state index in [0.717, 1.165) is 14.7 Å². The van der Waals surface area contributed by atoms with E-state index in [4.69, 9.17) is 21.1 Å². The molecule has 152 valence electrons. The van der Waals surface area contributed by atoms with Crippen LogP contribution in [0.5, 0.6) is 11.5 Å². The van der Waals surface area contributed by atoms with Crippen LogP contribution in [0.25, 0.3) is 11.6 Å². The third-order valence-corrected chi connectivity index (χ3v) is 5.52. The molecule has 0 radical (unpaired) electrons. The molecule has 3 aromatic carbocycles. The van der Waals surface area contributed by atoms with E-state index in [1.807, 2.05) is 55.5 Å². The van der Waals surface area contributed by atoms with Gasteiger partial charge < -0.3 is 9.47 Å². The maximum absolute atomic E-state index is 9.66. The van der Waals surface area contributed by atoms with Gasteiger partial charge in [0.15, 0.2) is 11.5 Å². The maximum Gasteiger partial charge on any atom is 0.175 e. The summed E-state index contributed by atoms with van der Waals surface area (Å²) in [7, 11) is 0. The average Bonchev–Trinajstić information content (AvgIpc) is 2.72. The average molecular weight is 530 g/mol. The highest BCUT2D eigenvalue weighted by atomic mass is 127. The molecule has 30 heavy (non-hydrogen) atoms. The molecule has 0 aliphatic rings. The van der Waals surface area contributed by atoms with E-state index in [-0.39, 0.29) is 0 Å². The van der Waals surface area contributed by atoms with Crippen LogP contribution in [0.2, 0.25) is 5.02 Å². The van der Waals surface area contributed by atoms with Gasteiger partial charge >= 0.3 is 0 Å². The van der Waals surface area contributed by atoms with Crippen LogP contribution in [0.15, 0.2) is 60.7 Å². The lowest BCUT2D eigenvalue weighted by molar-refractivity contribution is 0.267. The van der Waals surface area contributed by atoms with E-state index in [1.165, 1.54) is 5.56 Å². The van der Waals surface area contributed by atoms with Crippen LogP contribution < -0.4 is 9.47 Å². The van der Waals surface area contributed by atoms with Gasteiger partial charge in [-0.1, -0.05) is 59.6 Å². The van der Waals surface area contributed by atoms with E-state index in [9.17, 15) is 5.26 Å². The molecular formula is C25H21ClINO2. The summed E-state index contributed by atoms with van der Waals surface area (Å²) in [4.78, 5) is 0. The fourth-order valence-corrected chi connectivity index (χ4v) is 4.07. The van der Waals surface area contributed by atoms with Crippen molar-refractivity contribution >= 4 is 45.8 Å². The van der Waals surface area contributed by atoms with Crippen molar-refractivity contribution in [2.45, 2.75) is 20.5 Å². The zero-order chi connectivity index (χ0) is 21.5. The molecule has 0 aliphatic heterocycles. The number of hydrogen-bond donors (Lipinski definition) is 0. The summed E-state index contributed by atoms with van der Waals surface area (Å²) < 4.78 is 12.9. The highest BCUT2D eigenvalue weighted by molar-refractivity contribution is 14.1. The van der Waals surface area contributed by atoms with E-state index in [0.29, 0.717) is 40.9 Å². The van der Waals surface area contributed by atoms with E-state index < -0.39 is 0 Å². The van der Waals surface area contributed by atoms with Gasteiger partial charge in [-0.15, -0.1) is 0 Å². The monoisotopic (exact) mass is 529 g/mol. The van der Waals surface area contributed by atoms with Gasteiger partial charge in [0.25, 0.3) is 0 Å². The first-order valence-corrected chi connectivity index (χ1v) is 11.0. The lowest BCUT2D eigenvalue weighted by atomic mass is 10.0. The third-order valence-electron chi connectivity index (χ3n) is 4.39. The fraction of sp³-hybridized carbons (Fsp3) is 0.160. The summed E-state index contributed by atoms with van der Waals surface area (Å²) in [5.74, 6) is 1.35. The molecule has 3 rings (SSSR count). The SMILES string of the molecule is CCOc1cc(C=C(C#N)c2ccccc2Cl)cc(I)c1OCc1cccc(C)c1. The summed E-state index contributed by atoms with van der Waals surface area (Å²) in [5, 5.41) is 10.2. The summed E-state index contributed by atoms with van der Waals surface area (Å²) >= 11 is 8.51. The van der Waals surface area contributed by atoms with Gasteiger partial charge in [-0.2, -0.15) is 5.26 Å². The van der Waals surface area contributed by atoms with Crippen LogP contribution in [0.3, 0.4) is 0 Å². The van der Waals surface area contributed by atoms with Crippen molar-refractivity contribution in [3.8, 4) is 17.6 Å². The molecule has 3 nitrogen and oxygen atoms in total. The molecule has 0 spiro atoms. The van der Waals surface area contributed by atoms with Crippen molar-refractivity contribution in [3.63, 3.8) is 0 Å². The van der Waals surface area contributed by atoms with Crippen LogP contribution in [-0.2, 0) is 6.61 Å². The molecule has 0 amide bonds. The molecule has 0 N–H and O–H groups in total. The van der Waals surface area contributed by atoms with Gasteiger partial charge in [0.05, 0.1) is 21.8 Å². The smallest absolute Gasteiger partial charge is 0.175 e. The van der Waals surface area contributed by atoms with Gasteiger partial charge in [0.2, 0.25) is 0 Å². The zero-order valence-electron chi connectivity index (χ0n) is 16.8. The molecule has 0 atom stereocenters. The number of allylic oxidation sites excluding steroid dienone is 1. The van der Waals surface area contributed by atoms with Crippen molar-refractivity contribution in [2.24, 2.45) is 0 Å². The third kappa shape index (κ3) is 5.56. The minimum Gasteiger partial charge on any atom is -0.490 e. The molecule has 0 bridgehead atoms. The molecule has 0 aliphatic carbocycles. The quantitative estimate of drug-likeness (QED) is 0.183. The molecule has 0 unspecified atom stereocenters. The van der Waals surface area contributed by atoms with Crippen LogP contribution in [-0.4, -0.2) is 6.61 Å². The zero-order valence-corrected chi connectivity index (χ0v) is 19.7. The first-order valence-electron chi connectivity index (χ1n) is 9.53. The Bertz CT molecular complexity index is 1120. The summed E-state index contributed by atoms with van der Waals surface area (Å²) in [5.41, 5.74) is 4.34. The maximum atomic E-state index is 9.66. The van der Waals surface area contributed by atoms with Crippen molar-refractivity contribution < 1.29 is 9.47 Å². The van der Waals surface area contributed by atoms with Crippen molar-refractivity contribution in [3.05, 3.63) is 91.5 Å². The normalized spacial score (nSPS) is 11.1. The van der Waals surface area contributed by atoms with Crippen LogP contribution in [0.1, 0.15) is 29.2 Å². The minimum absolute atomic E-state index is 0.454. The number of nitriles is 1. The van der Waals surface area contributed by atoms with E-state index in [1.54, 1.807) is 6.07 Å².